The lowest BCUT2D eigenvalue weighted by Crippen LogP contribution is -2.60. The Labute approximate surface area is 141 Å². The molecule has 25 heavy (non-hydrogen) atoms. The normalized spacial score (nSPS) is 30.5. The van der Waals surface area contributed by atoms with E-state index in [-0.39, 0.29) is 17.1 Å². The molecule has 0 radical (unpaired) electrons. The molecule has 1 aliphatic heterocycles. The third kappa shape index (κ3) is 3.82. The highest BCUT2D eigenvalue weighted by Gasteiger charge is 2.48. The number of hydrogen-bond acceptors (Lipinski definition) is 9. The molecule has 1 aromatic carbocycles. The van der Waals surface area contributed by atoms with Gasteiger partial charge in [-0.2, -0.15) is 0 Å². The molecule has 0 aromatic heterocycles. The zero-order valence-electron chi connectivity index (χ0n) is 13.0. The van der Waals surface area contributed by atoms with Crippen molar-refractivity contribution >= 4 is 11.9 Å². The minimum atomic E-state index is -1.90. The maximum Gasteiger partial charge on any atom is 0.335 e. The molecule has 0 bridgehead atoms. The predicted molar refractivity (Wildman–Crippen MR) is 78.6 cm³/mol. The largest absolute Gasteiger partial charge is 0.508 e. The number of aliphatic hydroxyl groups is 3. The molecular weight excluding hydrogens is 340 g/mol. The van der Waals surface area contributed by atoms with Gasteiger partial charge < -0.3 is 40.1 Å². The van der Waals surface area contributed by atoms with Crippen LogP contribution in [-0.2, 0) is 19.1 Å². The van der Waals surface area contributed by atoms with Crippen molar-refractivity contribution in [2.45, 2.75) is 43.5 Å². The molecule has 1 heterocycles. The summed E-state index contributed by atoms with van der Waals surface area (Å²) in [6, 6.07) is 3.55. The fourth-order valence-electron chi connectivity index (χ4n) is 2.39. The molecule has 6 N–H and O–H groups in total. The van der Waals surface area contributed by atoms with Gasteiger partial charge in [0.05, 0.1) is 5.92 Å². The van der Waals surface area contributed by atoms with E-state index in [9.17, 15) is 35.1 Å². The molecule has 0 spiro atoms. The quantitative estimate of drug-likeness (QED) is 0.353. The average molecular weight is 358 g/mol. The summed E-state index contributed by atoms with van der Waals surface area (Å²) in [7, 11) is 0. The lowest BCUT2D eigenvalue weighted by Gasteiger charge is -2.38. The molecule has 6 unspecified atom stereocenters. The van der Waals surface area contributed by atoms with Gasteiger partial charge in [0.2, 0.25) is 6.29 Å². The van der Waals surface area contributed by atoms with Gasteiger partial charge in [-0.15, -0.1) is 0 Å². The fraction of sp³-hybridized carbons (Fsp3) is 0.467. The number of esters is 1. The number of aliphatic carboxylic acids is 1. The Balaban J connectivity index is 2.14. The number of carboxylic acid groups (broad SMARTS) is 1. The standard InChI is InChI=1S/C15H18O10/c1-5(7-3-2-6(16)4-8(7)17)14(23)25-15-11(20)9(18)10(19)12(24-15)13(21)22/h2-5,9-12,15-20H,1H3,(H,21,22). The highest BCUT2D eigenvalue weighted by Crippen LogP contribution is 2.31. The second-order valence-corrected chi connectivity index (χ2v) is 5.64. The first-order valence-electron chi connectivity index (χ1n) is 7.28. The Morgan fingerprint density at radius 2 is 1.76 bits per heavy atom. The topological polar surface area (TPSA) is 174 Å². The third-order valence-corrected chi connectivity index (χ3v) is 3.88. The van der Waals surface area contributed by atoms with E-state index >= 15 is 0 Å². The SMILES string of the molecule is CC(C(=O)OC1OC(C(=O)O)C(O)C(O)C1O)c1ccc(O)cc1O. The number of phenolic OH excluding ortho intramolecular Hbond substituents is 2. The first-order valence-corrected chi connectivity index (χ1v) is 7.28. The van der Waals surface area contributed by atoms with Crippen molar-refractivity contribution in [3.8, 4) is 11.5 Å². The van der Waals surface area contributed by atoms with Crippen molar-refractivity contribution in [1.82, 2.24) is 0 Å². The maximum absolute atomic E-state index is 12.2. The summed E-state index contributed by atoms with van der Waals surface area (Å²) in [5.41, 5.74) is 0.114. The summed E-state index contributed by atoms with van der Waals surface area (Å²) in [6.45, 7) is 1.36. The van der Waals surface area contributed by atoms with Crippen LogP contribution < -0.4 is 0 Å². The van der Waals surface area contributed by atoms with Crippen LogP contribution in [0.3, 0.4) is 0 Å². The van der Waals surface area contributed by atoms with Crippen LogP contribution in [0.4, 0.5) is 0 Å². The van der Waals surface area contributed by atoms with E-state index in [0.717, 1.165) is 6.07 Å². The molecule has 0 amide bonds. The number of aliphatic hydroxyl groups excluding tert-OH is 3. The molecule has 138 valence electrons. The zero-order chi connectivity index (χ0) is 18.9. The van der Waals surface area contributed by atoms with Crippen molar-refractivity contribution in [2.24, 2.45) is 0 Å². The van der Waals surface area contributed by atoms with Crippen molar-refractivity contribution < 1.29 is 49.7 Å². The number of carboxylic acids is 1. The lowest BCUT2D eigenvalue weighted by molar-refractivity contribution is -0.286. The number of carbonyl (C=O) groups is 2. The van der Waals surface area contributed by atoms with Crippen LogP contribution in [0.25, 0.3) is 0 Å². The Bertz CT molecular complexity index is 660. The molecule has 6 atom stereocenters. The van der Waals surface area contributed by atoms with Crippen LogP contribution in [0.2, 0.25) is 0 Å². The smallest absolute Gasteiger partial charge is 0.335 e. The number of phenols is 2. The van der Waals surface area contributed by atoms with E-state index in [1.807, 2.05) is 0 Å². The second kappa shape index (κ2) is 7.23. The molecule has 10 nitrogen and oxygen atoms in total. The van der Waals surface area contributed by atoms with Crippen LogP contribution in [0.1, 0.15) is 18.4 Å². The van der Waals surface area contributed by atoms with Crippen molar-refractivity contribution in [2.75, 3.05) is 0 Å². The molecule has 0 saturated carbocycles. The summed E-state index contributed by atoms with van der Waals surface area (Å²) >= 11 is 0. The van der Waals surface area contributed by atoms with Crippen molar-refractivity contribution in [3.05, 3.63) is 23.8 Å². The van der Waals surface area contributed by atoms with Gasteiger partial charge in [-0.1, -0.05) is 6.07 Å². The highest BCUT2D eigenvalue weighted by molar-refractivity contribution is 5.79. The van der Waals surface area contributed by atoms with Crippen LogP contribution >= 0.6 is 0 Å². The van der Waals surface area contributed by atoms with Crippen molar-refractivity contribution in [1.29, 1.82) is 0 Å². The molecule has 2 rings (SSSR count). The van der Waals surface area contributed by atoms with Gasteiger partial charge in [0.15, 0.2) is 6.10 Å². The fourth-order valence-corrected chi connectivity index (χ4v) is 2.39. The van der Waals surface area contributed by atoms with Gasteiger partial charge in [-0.05, 0) is 13.0 Å². The maximum atomic E-state index is 12.2. The van der Waals surface area contributed by atoms with Gasteiger partial charge in [-0.3, -0.25) is 4.79 Å². The van der Waals surface area contributed by atoms with Crippen LogP contribution in [0, 0.1) is 0 Å². The summed E-state index contributed by atoms with van der Waals surface area (Å²) in [6.07, 6.45) is -9.39. The molecular formula is C15H18O10. The van der Waals surface area contributed by atoms with Crippen LogP contribution in [0.5, 0.6) is 11.5 Å². The number of rotatable bonds is 4. The summed E-state index contributed by atoms with van der Waals surface area (Å²) < 4.78 is 9.73. The minimum absolute atomic E-state index is 0.114. The molecule has 1 aromatic rings. The van der Waals surface area contributed by atoms with Gasteiger partial charge in [0.1, 0.15) is 29.8 Å². The number of aromatic hydroxyl groups is 2. The number of carbonyl (C=O) groups excluding carboxylic acids is 1. The number of hydrogen-bond donors (Lipinski definition) is 6. The van der Waals surface area contributed by atoms with E-state index in [1.54, 1.807) is 0 Å². The molecule has 1 fully saturated rings. The Morgan fingerprint density at radius 3 is 2.32 bits per heavy atom. The summed E-state index contributed by atoms with van der Waals surface area (Å²) in [4.78, 5) is 23.2. The first kappa shape index (κ1) is 18.9. The zero-order valence-corrected chi connectivity index (χ0v) is 13.0. The van der Waals surface area contributed by atoms with Crippen LogP contribution in [0.15, 0.2) is 18.2 Å². The Kier molecular flexibility index (Phi) is 5.48. The van der Waals surface area contributed by atoms with E-state index in [0.29, 0.717) is 0 Å². The Morgan fingerprint density at radius 1 is 1.12 bits per heavy atom. The van der Waals surface area contributed by atoms with Gasteiger partial charge in [-0.25, -0.2) is 4.79 Å². The molecule has 0 aliphatic carbocycles. The van der Waals surface area contributed by atoms with Crippen molar-refractivity contribution in [3.63, 3.8) is 0 Å². The van der Waals surface area contributed by atoms with Gasteiger partial charge in [0.25, 0.3) is 0 Å². The lowest BCUT2D eigenvalue weighted by atomic mass is 9.98. The van der Waals surface area contributed by atoms with Gasteiger partial charge >= 0.3 is 11.9 Å². The molecule has 10 heteroatoms. The minimum Gasteiger partial charge on any atom is -0.508 e. The second-order valence-electron chi connectivity index (χ2n) is 5.64. The average Bonchev–Trinajstić information content (AvgIpc) is 2.54. The highest BCUT2D eigenvalue weighted by atomic mass is 16.7. The summed E-state index contributed by atoms with van der Waals surface area (Å²) in [5.74, 6) is -4.23. The molecule has 1 saturated heterocycles. The third-order valence-electron chi connectivity index (χ3n) is 3.88. The van der Waals surface area contributed by atoms with E-state index in [4.69, 9.17) is 14.6 Å². The first-order chi connectivity index (χ1) is 11.6. The summed E-state index contributed by atoms with van der Waals surface area (Å²) in [5, 5.41) is 57.0. The number of ether oxygens (including phenoxy) is 2. The van der Waals surface area contributed by atoms with E-state index in [1.165, 1.54) is 19.1 Å². The monoisotopic (exact) mass is 358 g/mol. The van der Waals surface area contributed by atoms with E-state index in [2.05, 4.69) is 0 Å². The number of benzene rings is 1. The van der Waals surface area contributed by atoms with E-state index < -0.39 is 48.6 Å². The molecule has 1 aliphatic rings. The van der Waals surface area contributed by atoms with Gasteiger partial charge in [0, 0.05) is 11.6 Å². The predicted octanol–water partition coefficient (Wildman–Crippen LogP) is -1.36. The Hall–Kier alpha value is -2.40. The van der Waals surface area contributed by atoms with Crippen LogP contribution in [-0.4, -0.2) is 73.3 Å².